The molecule has 0 fully saturated rings. The standard InChI is InChI=1S/C16H11BrN2O3S/c17-9-5-6-10-11(7-9)16(22)19(15(10)21)8-14(20)18-12-3-1-2-4-13(12)23/h1-7,23H,8H2,(H,18,20). The van der Waals surface area contributed by atoms with E-state index in [2.05, 4.69) is 33.9 Å². The van der Waals surface area contributed by atoms with Gasteiger partial charge >= 0.3 is 0 Å². The molecule has 5 nitrogen and oxygen atoms in total. The number of imide groups is 1. The largest absolute Gasteiger partial charge is 0.324 e. The van der Waals surface area contributed by atoms with Gasteiger partial charge < -0.3 is 5.32 Å². The van der Waals surface area contributed by atoms with Crippen molar-refractivity contribution >= 4 is 52.0 Å². The molecular weight excluding hydrogens is 380 g/mol. The molecule has 0 radical (unpaired) electrons. The summed E-state index contributed by atoms with van der Waals surface area (Å²) in [7, 11) is 0. The molecule has 0 unspecified atom stereocenters. The molecule has 3 rings (SSSR count). The Balaban J connectivity index is 1.77. The SMILES string of the molecule is O=C(CN1C(=O)c2ccc(Br)cc2C1=O)Nc1ccccc1S. The number of carbonyl (C=O) groups is 3. The van der Waals surface area contributed by atoms with Crippen LogP contribution in [0.2, 0.25) is 0 Å². The minimum absolute atomic E-state index is 0.298. The van der Waals surface area contributed by atoms with E-state index >= 15 is 0 Å². The van der Waals surface area contributed by atoms with E-state index in [0.717, 1.165) is 4.90 Å². The Morgan fingerprint density at radius 3 is 2.52 bits per heavy atom. The molecule has 0 aliphatic carbocycles. The topological polar surface area (TPSA) is 66.5 Å². The number of thiol groups is 1. The fourth-order valence-electron chi connectivity index (χ4n) is 2.32. The smallest absolute Gasteiger partial charge is 0.262 e. The average molecular weight is 391 g/mol. The summed E-state index contributed by atoms with van der Waals surface area (Å²) < 4.78 is 0.702. The fraction of sp³-hybridized carbons (Fsp3) is 0.0625. The number of hydrogen-bond acceptors (Lipinski definition) is 4. The van der Waals surface area contributed by atoms with Crippen molar-refractivity contribution in [3.05, 3.63) is 58.1 Å². The second-order valence-electron chi connectivity index (χ2n) is 4.95. The van der Waals surface area contributed by atoms with Gasteiger partial charge in [-0.25, -0.2) is 0 Å². The molecule has 0 bridgehead atoms. The first kappa shape index (κ1) is 15.8. The molecule has 2 aromatic carbocycles. The summed E-state index contributed by atoms with van der Waals surface area (Å²) >= 11 is 7.51. The Morgan fingerprint density at radius 1 is 1.09 bits per heavy atom. The predicted molar refractivity (Wildman–Crippen MR) is 91.8 cm³/mol. The third-order valence-corrected chi connectivity index (χ3v) is 4.30. The summed E-state index contributed by atoms with van der Waals surface area (Å²) in [6.07, 6.45) is 0. The second-order valence-corrected chi connectivity index (χ2v) is 6.35. The summed E-state index contributed by atoms with van der Waals surface area (Å²) in [5.74, 6) is -1.40. The molecule has 0 aromatic heterocycles. The lowest BCUT2D eigenvalue weighted by atomic mass is 10.1. The summed E-state index contributed by atoms with van der Waals surface area (Å²) in [6.45, 7) is -0.341. The van der Waals surface area contributed by atoms with Gasteiger partial charge in [-0.05, 0) is 30.3 Å². The highest BCUT2D eigenvalue weighted by Gasteiger charge is 2.36. The molecule has 3 amide bonds. The third-order valence-electron chi connectivity index (χ3n) is 3.41. The van der Waals surface area contributed by atoms with Gasteiger partial charge in [0.1, 0.15) is 6.54 Å². The van der Waals surface area contributed by atoms with Crippen molar-refractivity contribution in [3.63, 3.8) is 0 Å². The van der Waals surface area contributed by atoms with Crippen molar-refractivity contribution in [2.45, 2.75) is 4.90 Å². The molecule has 7 heteroatoms. The van der Waals surface area contributed by atoms with E-state index in [4.69, 9.17) is 0 Å². The number of para-hydroxylation sites is 1. The number of rotatable bonds is 3. The Hall–Kier alpha value is -2.12. The number of nitrogens with zero attached hydrogens (tertiary/aromatic N) is 1. The first-order chi connectivity index (χ1) is 11.0. The normalized spacial score (nSPS) is 13.2. The molecule has 23 heavy (non-hydrogen) atoms. The number of benzene rings is 2. The highest BCUT2D eigenvalue weighted by atomic mass is 79.9. The molecule has 1 heterocycles. The van der Waals surface area contributed by atoms with Crippen LogP contribution in [0.5, 0.6) is 0 Å². The Labute approximate surface area is 146 Å². The van der Waals surface area contributed by atoms with Crippen LogP contribution in [-0.2, 0) is 4.79 Å². The summed E-state index contributed by atoms with van der Waals surface area (Å²) in [5.41, 5.74) is 1.13. The highest BCUT2D eigenvalue weighted by Crippen LogP contribution is 2.26. The van der Waals surface area contributed by atoms with E-state index in [0.29, 0.717) is 26.2 Å². The maximum atomic E-state index is 12.3. The quantitative estimate of drug-likeness (QED) is 0.625. The van der Waals surface area contributed by atoms with Crippen molar-refractivity contribution in [2.24, 2.45) is 0 Å². The monoisotopic (exact) mass is 390 g/mol. The number of carbonyl (C=O) groups excluding carboxylic acids is 3. The van der Waals surface area contributed by atoms with Gasteiger partial charge in [0.2, 0.25) is 5.91 Å². The van der Waals surface area contributed by atoms with Crippen LogP contribution < -0.4 is 5.32 Å². The van der Waals surface area contributed by atoms with E-state index in [1.807, 2.05) is 0 Å². The van der Waals surface area contributed by atoms with Crippen molar-refractivity contribution in [1.29, 1.82) is 0 Å². The number of fused-ring (bicyclic) bond motifs is 1. The highest BCUT2D eigenvalue weighted by molar-refractivity contribution is 9.10. The van der Waals surface area contributed by atoms with Crippen LogP contribution in [0.4, 0.5) is 5.69 Å². The molecule has 2 aromatic rings. The Bertz CT molecular complexity index is 838. The van der Waals surface area contributed by atoms with Gasteiger partial charge in [0.15, 0.2) is 0 Å². The van der Waals surface area contributed by atoms with Gasteiger partial charge in [0.25, 0.3) is 11.8 Å². The van der Waals surface area contributed by atoms with E-state index in [1.54, 1.807) is 42.5 Å². The fourth-order valence-corrected chi connectivity index (χ4v) is 2.90. The van der Waals surface area contributed by atoms with Crippen molar-refractivity contribution in [3.8, 4) is 0 Å². The Kier molecular flexibility index (Phi) is 4.23. The lowest BCUT2D eigenvalue weighted by Crippen LogP contribution is -2.37. The van der Waals surface area contributed by atoms with Crippen LogP contribution in [0, 0.1) is 0 Å². The van der Waals surface area contributed by atoms with Crippen LogP contribution in [0.1, 0.15) is 20.7 Å². The minimum Gasteiger partial charge on any atom is -0.324 e. The molecule has 0 spiro atoms. The molecule has 0 saturated heterocycles. The van der Waals surface area contributed by atoms with Gasteiger partial charge in [-0.2, -0.15) is 0 Å². The van der Waals surface area contributed by atoms with E-state index in [9.17, 15) is 14.4 Å². The molecule has 0 atom stereocenters. The van der Waals surface area contributed by atoms with E-state index in [1.165, 1.54) is 0 Å². The van der Waals surface area contributed by atoms with Crippen LogP contribution in [0.15, 0.2) is 51.8 Å². The zero-order valence-electron chi connectivity index (χ0n) is 11.7. The van der Waals surface area contributed by atoms with Gasteiger partial charge in [0, 0.05) is 9.37 Å². The first-order valence-electron chi connectivity index (χ1n) is 6.71. The zero-order valence-corrected chi connectivity index (χ0v) is 14.2. The van der Waals surface area contributed by atoms with Crippen molar-refractivity contribution < 1.29 is 14.4 Å². The number of anilines is 1. The lowest BCUT2D eigenvalue weighted by Gasteiger charge is -2.14. The van der Waals surface area contributed by atoms with Crippen molar-refractivity contribution in [1.82, 2.24) is 4.90 Å². The molecule has 1 N–H and O–H groups in total. The molecular formula is C16H11BrN2O3S. The third kappa shape index (κ3) is 3.02. The van der Waals surface area contributed by atoms with E-state index < -0.39 is 17.7 Å². The Morgan fingerprint density at radius 2 is 1.78 bits per heavy atom. The lowest BCUT2D eigenvalue weighted by molar-refractivity contribution is -0.116. The van der Waals surface area contributed by atoms with Gasteiger partial charge in [-0.3, -0.25) is 19.3 Å². The maximum Gasteiger partial charge on any atom is 0.262 e. The average Bonchev–Trinajstić information content (AvgIpc) is 2.74. The van der Waals surface area contributed by atoms with Crippen LogP contribution in [0.25, 0.3) is 0 Å². The molecule has 0 saturated carbocycles. The second kappa shape index (κ2) is 6.17. The predicted octanol–water partition coefficient (Wildman–Crippen LogP) is 2.97. The molecule has 1 aliphatic heterocycles. The number of halogens is 1. The van der Waals surface area contributed by atoms with Crippen molar-refractivity contribution in [2.75, 3.05) is 11.9 Å². The minimum atomic E-state index is -0.472. The van der Waals surface area contributed by atoms with Crippen LogP contribution >= 0.6 is 28.6 Å². The van der Waals surface area contributed by atoms with Crippen LogP contribution in [0.3, 0.4) is 0 Å². The number of nitrogens with one attached hydrogen (secondary N) is 1. The zero-order chi connectivity index (χ0) is 16.6. The first-order valence-corrected chi connectivity index (χ1v) is 7.95. The number of amides is 3. The van der Waals surface area contributed by atoms with Gasteiger partial charge in [-0.1, -0.05) is 28.1 Å². The molecule has 116 valence electrons. The van der Waals surface area contributed by atoms with Gasteiger partial charge in [0.05, 0.1) is 16.8 Å². The summed E-state index contributed by atoms with van der Waals surface area (Å²) in [4.78, 5) is 38.2. The maximum absolute atomic E-state index is 12.3. The van der Waals surface area contributed by atoms with E-state index in [-0.39, 0.29) is 6.54 Å². The number of hydrogen-bond donors (Lipinski definition) is 2. The summed E-state index contributed by atoms with van der Waals surface area (Å²) in [6, 6.07) is 11.8. The van der Waals surface area contributed by atoms with Gasteiger partial charge in [-0.15, -0.1) is 12.6 Å². The van der Waals surface area contributed by atoms with Crippen LogP contribution in [-0.4, -0.2) is 29.2 Å². The summed E-state index contributed by atoms with van der Waals surface area (Å²) in [5, 5.41) is 2.65. The molecule has 1 aliphatic rings.